The standard InChI is InChI=1S/C20H20N2O5/c1-14(23)21-16-7-9-17(10-8-16)22-19(24)13-27-20(25)11-6-15-4-3-5-18(12-15)26-2/h3-12H,13H2,1-2H3,(H,21,23)(H,22,24)/b11-6+. The summed E-state index contributed by atoms with van der Waals surface area (Å²) in [6, 6.07) is 13.7. The molecule has 27 heavy (non-hydrogen) atoms. The topological polar surface area (TPSA) is 93.7 Å². The first kappa shape index (κ1) is 19.7. The lowest BCUT2D eigenvalue weighted by Crippen LogP contribution is -2.20. The van der Waals surface area contributed by atoms with E-state index in [-0.39, 0.29) is 5.91 Å². The molecule has 0 heterocycles. The second kappa shape index (κ2) is 9.76. The summed E-state index contributed by atoms with van der Waals surface area (Å²) in [4.78, 5) is 34.5. The Bertz CT molecular complexity index is 844. The van der Waals surface area contributed by atoms with Gasteiger partial charge in [0.1, 0.15) is 5.75 Å². The van der Waals surface area contributed by atoms with Crippen molar-refractivity contribution in [2.75, 3.05) is 24.4 Å². The van der Waals surface area contributed by atoms with E-state index in [0.29, 0.717) is 17.1 Å². The number of benzene rings is 2. The first-order valence-electron chi connectivity index (χ1n) is 8.12. The number of nitrogens with one attached hydrogen (secondary N) is 2. The van der Waals surface area contributed by atoms with Crippen LogP contribution >= 0.6 is 0 Å². The third-order valence-electron chi connectivity index (χ3n) is 3.34. The van der Waals surface area contributed by atoms with Gasteiger partial charge < -0.3 is 20.1 Å². The van der Waals surface area contributed by atoms with Gasteiger partial charge >= 0.3 is 5.97 Å². The Kier molecular flexibility index (Phi) is 7.13. The lowest BCUT2D eigenvalue weighted by atomic mass is 10.2. The minimum atomic E-state index is -0.631. The molecule has 2 amide bonds. The third kappa shape index (κ3) is 7.03. The second-order valence-electron chi connectivity index (χ2n) is 5.52. The minimum absolute atomic E-state index is 0.180. The fourth-order valence-electron chi connectivity index (χ4n) is 2.13. The van der Waals surface area contributed by atoms with Crippen LogP contribution in [0.2, 0.25) is 0 Å². The summed E-state index contributed by atoms with van der Waals surface area (Å²) in [7, 11) is 1.56. The average Bonchev–Trinajstić information content (AvgIpc) is 2.66. The van der Waals surface area contributed by atoms with E-state index in [9.17, 15) is 14.4 Å². The minimum Gasteiger partial charge on any atom is -0.497 e. The highest BCUT2D eigenvalue weighted by molar-refractivity contribution is 5.95. The molecule has 0 spiro atoms. The number of amides is 2. The summed E-state index contributed by atoms with van der Waals surface area (Å²) < 4.78 is 10.0. The molecule has 0 fully saturated rings. The van der Waals surface area contributed by atoms with Crippen molar-refractivity contribution in [1.29, 1.82) is 0 Å². The maximum atomic E-state index is 11.8. The van der Waals surface area contributed by atoms with Gasteiger partial charge in [-0.25, -0.2) is 4.79 Å². The van der Waals surface area contributed by atoms with Crippen molar-refractivity contribution in [3.05, 3.63) is 60.2 Å². The average molecular weight is 368 g/mol. The van der Waals surface area contributed by atoms with Gasteiger partial charge in [-0.05, 0) is 48.0 Å². The smallest absolute Gasteiger partial charge is 0.331 e. The summed E-state index contributed by atoms with van der Waals surface area (Å²) >= 11 is 0. The van der Waals surface area contributed by atoms with Gasteiger partial charge in [-0.3, -0.25) is 9.59 Å². The van der Waals surface area contributed by atoms with Crippen molar-refractivity contribution in [1.82, 2.24) is 0 Å². The molecule has 0 aliphatic rings. The zero-order valence-electron chi connectivity index (χ0n) is 15.0. The summed E-state index contributed by atoms with van der Waals surface area (Å²) in [5, 5.41) is 5.22. The summed E-state index contributed by atoms with van der Waals surface area (Å²) in [6.07, 6.45) is 2.81. The number of carbonyl (C=O) groups excluding carboxylic acids is 3. The molecule has 0 unspecified atom stereocenters. The van der Waals surface area contributed by atoms with E-state index in [1.165, 1.54) is 13.0 Å². The quantitative estimate of drug-likeness (QED) is 0.579. The molecule has 0 aliphatic heterocycles. The summed E-state index contributed by atoms with van der Waals surface area (Å²) in [6.45, 7) is 1.00. The van der Waals surface area contributed by atoms with Crippen LogP contribution < -0.4 is 15.4 Å². The van der Waals surface area contributed by atoms with Gasteiger partial charge in [0.05, 0.1) is 7.11 Å². The Morgan fingerprint density at radius 3 is 2.30 bits per heavy atom. The molecular weight excluding hydrogens is 348 g/mol. The monoisotopic (exact) mass is 368 g/mol. The molecule has 7 nitrogen and oxygen atoms in total. The number of methoxy groups -OCH3 is 1. The number of esters is 1. The van der Waals surface area contributed by atoms with E-state index < -0.39 is 18.5 Å². The molecule has 7 heteroatoms. The van der Waals surface area contributed by atoms with E-state index in [1.807, 2.05) is 6.07 Å². The summed E-state index contributed by atoms with van der Waals surface area (Å²) in [5.41, 5.74) is 1.92. The summed E-state index contributed by atoms with van der Waals surface area (Å²) in [5.74, 6) is -0.602. The maximum absolute atomic E-state index is 11.8. The Morgan fingerprint density at radius 2 is 1.67 bits per heavy atom. The molecule has 0 bridgehead atoms. The van der Waals surface area contributed by atoms with Crippen molar-refractivity contribution in [3.8, 4) is 5.75 Å². The zero-order valence-corrected chi connectivity index (χ0v) is 15.0. The molecule has 0 atom stereocenters. The van der Waals surface area contributed by atoms with Crippen LogP contribution in [0.5, 0.6) is 5.75 Å². The Labute approximate surface area is 157 Å². The predicted octanol–water partition coefficient (Wildman–Crippen LogP) is 2.85. The number of ether oxygens (including phenoxy) is 2. The normalized spacial score (nSPS) is 10.3. The highest BCUT2D eigenvalue weighted by Gasteiger charge is 2.06. The fraction of sp³-hybridized carbons (Fsp3) is 0.150. The van der Waals surface area contributed by atoms with Crippen molar-refractivity contribution < 1.29 is 23.9 Å². The number of anilines is 2. The van der Waals surface area contributed by atoms with Crippen LogP contribution in [-0.2, 0) is 19.1 Å². The molecule has 2 N–H and O–H groups in total. The Balaban J connectivity index is 1.79. The van der Waals surface area contributed by atoms with Crippen molar-refractivity contribution in [2.45, 2.75) is 6.92 Å². The maximum Gasteiger partial charge on any atom is 0.331 e. The lowest BCUT2D eigenvalue weighted by molar-refractivity contribution is -0.142. The van der Waals surface area contributed by atoms with Crippen LogP contribution in [0.4, 0.5) is 11.4 Å². The molecule has 2 aromatic carbocycles. The van der Waals surface area contributed by atoms with Gasteiger partial charge in [0.25, 0.3) is 5.91 Å². The second-order valence-corrected chi connectivity index (χ2v) is 5.52. The molecule has 0 radical (unpaired) electrons. The molecule has 2 rings (SSSR count). The highest BCUT2D eigenvalue weighted by atomic mass is 16.5. The molecule has 0 aliphatic carbocycles. The van der Waals surface area contributed by atoms with Gasteiger partial charge in [-0.15, -0.1) is 0 Å². The van der Waals surface area contributed by atoms with E-state index in [0.717, 1.165) is 5.56 Å². The lowest BCUT2D eigenvalue weighted by Gasteiger charge is -2.07. The van der Waals surface area contributed by atoms with Crippen LogP contribution in [0, 0.1) is 0 Å². The van der Waals surface area contributed by atoms with Crippen molar-refractivity contribution in [3.63, 3.8) is 0 Å². The molecule has 0 aromatic heterocycles. The van der Waals surface area contributed by atoms with E-state index >= 15 is 0 Å². The first-order chi connectivity index (χ1) is 13.0. The molecule has 0 saturated heterocycles. The van der Waals surface area contributed by atoms with Crippen molar-refractivity contribution in [2.24, 2.45) is 0 Å². The highest BCUT2D eigenvalue weighted by Crippen LogP contribution is 2.14. The van der Waals surface area contributed by atoms with Crippen LogP contribution in [0.25, 0.3) is 6.08 Å². The zero-order chi connectivity index (χ0) is 19.6. The number of carbonyl (C=O) groups is 3. The number of hydrogen-bond donors (Lipinski definition) is 2. The Morgan fingerprint density at radius 1 is 1.00 bits per heavy atom. The van der Waals surface area contributed by atoms with E-state index in [4.69, 9.17) is 9.47 Å². The third-order valence-corrected chi connectivity index (χ3v) is 3.34. The first-order valence-corrected chi connectivity index (χ1v) is 8.12. The van der Waals surface area contributed by atoms with Crippen LogP contribution in [-0.4, -0.2) is 31.5 Å². The van der Waals surface area contributed by atoms with Crippen LogP contribution in [0.15, 0.2) is 54.6 Å². The van der Waals surface area contributed by atoms with Crippen LogP contribution in [0.3, 0.4) is 0 Å². The van der Waals surface area contributed by atoms with E-state index in [1.54, 1.807) is 55.7 Å². The largest absolute Gasteiger partial charge is 0.497 e. The predicted molar refractivity (Wildman–Crippen MR) is 102 cm³/mol. The molecular formula is C20H20N2O5. The number of hydrogen-bond acceptors (Lipinski definition) is 5. The van der Waals surface area contributed by atoms with Crippen molar-refractivity contribution >= 4 is 35.2 Å². The molecule has 2 aromatic rings. The number of rotatable bonds is 7. The van der Waals surface area contributed by atoms with Gasteiger partial charge in [0, 0.05) is 24.4 Å². The SMILES string of the molecule is COc1cccc(/C=C/C(=O)OCC(=O)Nc2ccc(NC(C)=O)cc2)c1. The molecule has 0 saturated carbocycles. The fourth-order valence-corrected chi connectivity index (χ4v) is 2.13. The van der Waals surface area contributed by atoms with Crippen LogP contribution in [0.1, 0.15) is 12.5 Å². The molecule has 140 valence electrons. The Hall–Kier alpha value is -3.61. The van der Waals surface area contributed by atoms with E-state index in [2.05, 4.69) is 10.6 Å². The van der Waals surface area contributed by atoms with Gasteiger partial charge in [0.15, 0.2) is 6.61 Å². The van der Waals surface area contributed by atoms with Gasteiger partial charge in [-0.2, -0.15) is 0 Å². The van der Waals surface area contributed by atoms with Gasteiger partial charge in [-0.1, -0.05) is 12.1 Å². The van der Waals surface area contributed by atoms with Gasteiger partial charge in [0.2, 0.25) is 5.91 Å².